The van der Waals surface area contributed by atoms with E-state index in [0.717, 1.165) is 16.9 Å². The molecule has 1 fully saturated rings. The van der Waals surface area contributed by atoms with E-state index < -0.39 is 5.97 Å². The first-order chi connectivity index (χ1) is 15.0. The summed E-state index contributed by atoms with van der Waals surface area (Å²) in [7, 11) is 0. The molecule has 2 aromatic heterocycles. The van der Waals surface area contributed by atoms with Crippen LogP contribution in [-0.2, 0) is 9.59 Å². The lowest BCUT2D eigenvalue weighted by Crippen LogP contribution is -2.27. The average Bonchev–Trinajstić information content (AvgIpc) is 3.39. The lowest BCUT2D eigenvalue weighted by Gasteiger charge is -2.17. The molecule has 0 saturated carbocycles. The Kier molecular flexibility index (Phi) is 5.97. The minimum atomic E-state index is -0.822. The Balaban J connectivity index is 1.55. The normalized spacial score (nSPS) is 17.1. The standard InChI is InChI=1S/C23H25N5O3/c24-21-10-9-16(13-25-21)18(7-4-8-22(29)30)19-14-27(15-26-19)20-11-12-28(23(20)31)17-5-2-1-3-6-17/h1-3,5-6,9-10,13-15,18,20H,4,7-8,11-12H2,(H2,24,25)(H,29,30). The fourth-order valence-electron chi connectivity index (χ4n) is 4.07. The number of nitrogens with two attached hydrogens (primary N) is 1. The summed E-state index contributed by atoms with van der Waals surface area (Å²) in [5, 5.41) is 9.01. The van der Waals surface area contributed by atoms with Crippen LogP contribution in [0.1, 0.15) is 48.9 Å². The number of pyridine rings is 1. The summed E-state index contributed by atoms with van der Waals surface area (Å²) < 4.78 is 1.87. The van der Waals surface area contributed by atoms with E-state index in [2.05, 4.69) is 9.97 Å². The molecule has 31 heavy (non-hydrogen) atoms. The number of aromatic nitrogens is 3. The molecule has 3 aromatic rings. The predicted molar refractivity (Wildman–Crippen MR) is 117 cm³/mol. The minimum absolute atomic E-state index is 0.0479. The number of carboxylic acids is 1. The van der Waals surface area contributed by atoms with Gasteiger partial charge in [-0.05, 0) is 43.0 Å². The molecule has 1 aliphatic rings. The van der Waals surface area contributed by atoms with E-state index in [-0.39, 0.29) is 24.3 Å². The molecule has 1 saturated heterocycles. The van der Waals surface area contributed by atoms with Gasteiger partial charge in [0.2, 0.25) is 5.91 Å². The highest BCUT2D eigenvalue weighted by atomic mass is 16.4. The first-order valence-corrected chi connectivity index (χ1v) is 10.4. The number of benzene rings is 1. The van der Waals surface area contributed by atoms with Crippen LogP contribution < -0.4 is 10.6 Å². The molecule has 1 amide bonds. The summed E-state index contributed by atoms with van der Waals surface area (Å²) in [6.45, 7) is 0.658. The molecule has 1 aromatic carbocycles. The number of carbonyl (C=O) groups excluding carboxylic acids is 1. The third-order valence-corrected chi connectivity index (χ3v) is 5.68. The van der Waals surface area contributed by atoms with Gasteiger partial charge in [-0.15, -0.1) is 0 Å². The van der Waals surface area contributed by atoms with Crippen LogP contribution in [0.25, 0.3) is 0 Å². The van der Waals surface area contributed by atoms with Gasteiger partial charge in [0, 0.05) is 37.0 Å². The number of rotatable bonds is 8. The summed E-state index contributed by atoms with van der Waals surface area (Å²) in [4.78, 5) is 34.6. The zero-order valence-electron chi connectivity index (χ0n) is 17.1. The number of imidazole rings is 1. The van der Waals surface area contributed by atoms with Gasteiger partial charge >= 0.3 is 5.97 Å². The second-order valence-corrected chi connectivity index (χ2v) is 7.73. The Hall–Kier alpha value is -3.68. The van der Waals surface area contributed by atoms with Crippen molar-refractivity contribution in [3.8, 4) is 0 Å². The van der Waals surface area contributed by atoms with Gasteiger partial charge in [0.05, 0.1) is 12.0 Å². The minimum Gasteiger partial charge on any atom is -0.481 e. The van der Waals surface area contributed by atoms with Crippen LogP contribution in [-0.4, -0.2) is 38.1 Å². The van der Waals surface area contributed by atoms with Crippen molar-refractivity contribution in [2.75, 3.05) is 17.2 Å². The van der Waals surface area contributed by atoms with E-state index in [0.29, 0.717) is 31.6 Å². The maximum atomic E-state index is 13.0. The molecular formula is C23H25N5O3. The number of hydrogen-bond acceptors (Lipinski definition) is 5. The van der Waals surface area contributed by atoms with Crippen molar-refractivity contribution < 1.29 is 14.7 Å². The van der Waals surface area contributed by atoms with Gasteiger partial charge in [-0.1, -0.05) is 24.3 Å². The molecule has 160 valence electrons. The van der Waals surface area contributed by atoms with Crippen molar-refractivity contribution in [1.29, 1.82) is 0 Å². The molecule has 0 spiro atoms. The monoisotopic (exact) mass is 419 g/mol. The highest BCUT2D eigenvalue weighted by Gasteiger charge is 2.34. The quantitative estimate of drug-likeness (QED) is 0.579. The number of carbonyl (C=O) groups is 2. The zero-order chi connectivity index (χ0) is 21.8. The lowest BCUT2D eigenvalue weighted by atomic mass is 9.92. The van der Waals surface area contributed by atoms with Gasteiger partial charge in [-0.25, -0.2) is 9.97 Å². The number of amides is 1. The fraction of sp³-hybridized carbons (Fsp3) is 0.304. The molecule has 2 unspecified atom stereocenters. The second-order valence-electron chi connectivity index (χ2n) is 7.73. The van der Waals surface area contributed by atoms with Crippen molar-refractivity contribution >= 4 is 23.4 Å². The number of anilines is 2. The van der Waals surface area contributed by atoms with Crippen molar-refractivity contribution in [3.05, 3.63) is 72.4 Å². The van der Waals surface area contributed by atoms with Crippen LogP contribution in [0.3, 0.4) is 0 Å². The van der Waals surface area contributed by atoms with Gasteiger partial charge in [0.25, 0.3) is 0 Å². The summed E-state index contributed by atoms with van der Waals surface area (Å²) in [5.41, 5.74) is 8.33. The number of aliphatic carboxylic acids is 1. The highest BCUT2D eigenvalue weighted by molar-refractivity contribution is 5.98. The van der Waals surface area contributed by atoms with E-state index in [1.165, 1.54) is 0 Å². The number of para-hydroxylation sites is 1. The molecular weight excluding hydrogens is 394 g/mol. The first kappa shape index (κ1) is 20.6. The number of nitrogens with zero attached hydrogens (tertiary/aromatic N) is 4. The van der Waals surface area contributed by atoms with Gasteiger partial charge in [-0.3, -0.25) is 9.59 Å². The summed E-state index contributed by atoms with van der Waals surface area (Å²) in [6, 6.07) is 13.0. The maximum Gasteiger partial charge on any atom is 0.303 e. The molecule has 0 radical (unpaired) electrons. The molecule has 0 bridgehead atoms. The number of hydrogen-bond donors (Lipinski definition) is 2. The predicted octanol–water partition coefficient (Wildman–Crippen LogP) is 3.23. The zero-order valence-corrected chi connectivity index (χ0v) is 17.1. The van der Waals surface area contributed by atoms with Crippen LogP contribution in [0.4, 0.5) is 11.5 Å². The molecule has 1 aliphatic heterocycles. The van der Waals surface area contributed by atoms with Crippen LogP contribution >= 0.6 is 0 Å². The largest absolute Gasteiger partial charge is 0.481 e. The smallest absolute Gasteiger partial charge is 0.303 e. The number of nitrogen functional groups attached to an aromatic ring is 1. The summed E-state index contributed by atoms with van der Waals surface area (Å²) in [6.07, 6.45) is 7.23. The molecule has 4 rings (SSSR count). The topological polar surface area (TPSA) is 114 Å². The molecule has 8 nitrogen and oxygen atoms in total. The van der Waals surface area contributed by atoms with E-state index in [4.69, 9.17) is 10.8 Å². The third kappa shape index (κ3) is 4.58. The van der Waals surface area contributed by atoms with Crippen molar-refractivity contribution in [3.63, 3.8) is 0 Å². The Morgan fingerprint density at radius 1 is 1.19 bits per heavy atom. The van der Waals surface area contributed by atoms with Crippen molar-refractivity contribution in [2.45, 2.75) is 37.6 Å². The van der Waals surface area contributed by atoms with Crippen LogP contribution in [0.5, 0.6) is 0 Å². The van der Waals surface area contributed by atoms with Crippen LogP contribution in [0.2, 0.25) is 0 Å². The molecule has 2 atom stereocenters. The summed E-state index contributed by atoms with van der Waals surface area (Å²) in [5.74, 6) is -0.462. The van der Waals surface area contributed by atoms with E-state index in [1.54, 1.807) is 23.5 Å². The summed E-state index contributed by atoms with van der Waals surface area (Å²) >= 11 is 0. The van der Waals surface area contributed by atoms with E-state index in [1.807, 2.05) is 47.2 Å². The Morgan fingerprint density at radius 2 is 2.00 bits per heavy atom. The van der Waals surface area contributed by atoms with E-state index >= 15 is 0 Å². The van der Waals surface area contributed by atoms with Crippen molar-refractivity contribution in [1.82, 2.24) is 14.5 Å². The lowest BCUT2D eigenvalue weighted by molar-refractivity contribution is -0.137. The van der Waals surface area contributed by atoms with Gasteiger partial charge in [0.1, 0.15) is 11.9 Å². The molecule has 8 heteroatoms. The Bertz CT molecular complexity index is 1050. The molecule has 3 N–H and O–H groups in total. The maximum absolute atomic E-state index is 13.0. The fourth-order valence-corrected chi connectivity index (χ4v) is 4.07. The van der Waals surface area contributed by atoms with Crippen molar-refractivity contribution in [2.24, 2.45) is 0 Å². The highest BCUT2D eigenvalue weighted by Crippen LogP contribution is 2.32. The average molecular weight is 419 g/mol. The number of carboxylic acid groups (broad SMARTS) is 1. The van der Waals surface area contributed by atoms with Gasteiger partial charge in [0.15, 0.2) is 0 Å². The van der Waals surface area contributed by atoms with Crippen LogP contribution in [0, 0.1) is 0 Å². The Morgan fingerprint density at radius 3 is 2.71 bits per heavy atom. The Labute approximate surface area is 180 Å². The first-order valence-electron chi connectivity index (χ1n) is 10.4. The van der Waals surface area contributed by atoms with Crippen LogP contribution in [0.15, 0.2) is 61.2 Å². The molecule has 0 aliphatic carbocycles. The third-order valence-electron chi connectivity index (χ3n) is 5.68. The second kappa shape index (κ2) is 8.99. The molecule has 3 heterocycles. The van der Waals surface area contributed by atoms with E-state index in [9.17, 15) is 9.59 Å². The van der Waals surface area contributed by atoms with Gasteiger partial charge in [-0.2, -0.15) is 0 Å². The van der Waals surface area contributed by atoms with Gasteiger partial charge < -0.3 is 20.3 Å². The SMILES string of the molecule is Nc1ccc(C(CCCC(=O)O)c2cn(C3CCN(c4ccccc4)C3=O)cn2)cn1.